The summed E-state index contributed by atoms with van der Waals surface area (Å²) in [6.07, 6.45) is 3.18. The normalized spacial score (nSPS) is 10.5. The monoisotopic (exact) mass is 429 g/mol. The number of rotatable bonds is 8. The number of halogens is 1. The maximum Gasteiger partial charge on any atom is 0.357 e. The topological polar surface area (TPSA) is 82.4 Å². The predicted octanol–water partition coefficient (Wildman–Crippen LogP) is 3.22. The number of methoxy groups -OCH3 is 1. The average Bonchev–Trinajstić information content (AvgIpc) is 3.21. The van der Waals surface area contributed by atoms with E-state index in [0.29, 0.717) is 16.6 Å². The highest BCUT2D eigenvalue weighted by Crippen LogP contribution is 2.22. The largest absolute Gasteiger partial charge is 0.497 e. The lowest BCUT2D eigenvalue weighted by Crippen LogP contribution is -2.28. The zero-order valence-electron chi connectivity index (χ0n) is 16.4. The van der Waals surface area contributed by atoms with Crippen LogP contribution in [0, 0.1) is 5.82 Å². The van der Waals surface area contributed by atoms with Gasteiger partial charge in [0.1, 0.15) is 11.6 Å². The van der Waals surface area contributed by atoms with Crippen molar-refractivity contribution in [1.82, 2.24) is 14.9 Å². The van der Waals surface area contributed by atoms with Crippen molar-refractivity contribution in [3.8, 4) is 11.4 Å². The van der Waals surface area contributed by atoms with E-state index in [4.69, 9.17) is 9.47 Å². The molecule has 0 radical (unpaired) electrons. The summed E-state index contributed by atoms with van der Waals surface area (Å²) in [7, 11) is 1.57. The van der Waals surface area contributed by atoms with Crippen LogP contribution in [0.25, 0.3) is 5.69 Å². The second kappa shape index (κ2) is 9.93. The van der Waals surface area contributed by atoms with E-state index in [0.717, 1.165) is 5.56 Å². The second-order valence-electron chi connectivity index (χ2n) is 6.15. The van der Waals surface area contributed by atoms with E-state index in [-0.39, 0.29) is 18.1 Å². The molecule has 3 aromatic rings. The molecule has 1 aromatic heterocycles. The first-order valence-corrected chi connectivity index (χ1v) is 10.2. The third-order valence-corrected chi connectivity index (χ3v) is 4.82. The third kappa shape index (κ3) is 5.18. The van der Waals surface area contributed by atoms with Crippen molar-refractivity contribution in [3.63, 3.8) is 0 Å². The van der Waals surface area contributed by atoms with E-state index in [1.54, 1.807) is 23.8 Å². The first-order valence-electron chi connectivity index (χ1n) is 8.96. The molecule has 0 bridgehead atoms. The summed E-state index contributed by atoms with van der Waals surface area (Å²) in [6.45, 7) is -0.163. The zero-order chi connectivity index (χ0) is 21.5. The van der Waals surface area contributed by atoms with Crippen LogP contribution in [0.2, 0.25) is 0 Å². The molecular formula is C21H20FN3O4S. The van der Waals surface area contributed by atoms with Gasteiger partial charge in [-0.2, -0.15) is 0 Å². The standard InChI is InChI=1S/C21H20FN3O4S/c1-28-17-5-3-4-14(10-17)11-23-19(26)13-29-20(27)18-12-24-21(30-2)25(18)16-8-6-15(22)7-9-16/h3-10,12H,11,13H2,1-2H3,(H,23,26). The van der Waals surface area contributed by atoms with Crippen LogP contribution in [0.1, 0.15) is 16.1 Å². The van der Waals surface area contributed by atoms with Crippen LogP contribution >= 0.6 is 11.8 Å². The Morgan fingerprint density at radius 3 is 2.67 bits per heavy atom. The van der Waals surface area contributed by atoms with Gasteiger partial charge in [-0.05, 0) is 48.2 Å². The highest BCUT2D eigenvalue weighted by molar-refractivity contribution is 7.98. The van der Waals surface area contributed by atoms with Crippen LogP contribution in [-0.4, -0.2) is 41.4 Å². The van der Waals surface area contributed by atoms with E-state index in [1.165, 1.54) is 42.2 Å². The zero-order valence-corrected chi connectivity index (χ0v) is 17.2. The molecule has 0 aliphatic carbocycles. The highest BCUT2D eigenvalue weighted by atomic mass is 32.2. The van der Waals surface area contributed by atoms with Crippen molar-refractivity contribution in [2.24, 2.45) is 0 Å². The van der Waals surface area contributed by atoms with Crippen molar-refractivity contribution in [2.45, 2.75) is 11.7 Å². The Bertz CT molecular complexity index is 1040. The predicted molar refractivity (Wildman–Crippen MR) is 110 cm³/mol. The number of benzene rings is 2. The summed E-state index contributed by atoms with van der Waals surface area (Å²) in [5, 5.41) is 3.22. The Hall–Kier alpha value is -3.33. The van der Waals surface area contributed by atoms with E-state index in [9.17, 15) is 14.0 Å². The molecule has 30 heavy (non-hydrogen) atoms. The number of nitrogens with zero attached hydrogens (tertiary/aromatic N) is 2. The van der Waals surface area contributed by atoms with Gasteiger partial charge < -0.3 is 14.8 Å². The van der Waals surface area contributed by atoms with Crippen molar-refractivity contribution in [1.29, 1.82) is 0 Å². The maximum absolute atomic E-state index is 13.2. The van der Waals surface area contributed by atoms with E-state index < -0.39 is 18.5 Å². The summed E-state index contributed by atoms with van der Waals surface area (Å²) in [5.74, 6) is -0.846. The van der Waals surface area contributed by atoms with Gasteiger partial charge in [0.05, 0.1) is 13.3 Å². The number of hydrogen-bond donors (Lipinski definition) is 1. The van der Waals surface area contributed by atoms with Crippen LogP contribution in [-0.2, 0) is 16.1 Å². The molecule has 3 rings (SSSR count). The number of carbonyl (C=O) groups excluding carboxylic acids is 2. The molecule has 9 heteroatoms. The fraction of sp³-hybridized carbons (Fsp3) is 0.190. The minimum absolute atomic E-state index is 0.145. The quantitative estimate of drug-likeness (QED) is 0.437. The van der Waals surface area contributed by atoms with E-state index in [2.05, 4.69) is 10.3 Å². The maximum atomic E-state index is 13.2. The minimum Gasteiger partial charge on any atom is -0.497 e. The molecular weight excluding hydrogens is 409 g/mol. The number of amides is 1. The Kier molecular flexibility index (Phi) is 7.08. The van der Waals surface area contributed by atoms with Crippen molar-refractivity contribution in [2.75, 3.05) is 20.0 Å². The molecule has 1 heterocycles. The summed E-state index contributed by atoms with van der Waals surface area (Å²) >= 11 is 1.33. The molecule has 156 valence electrons. The van der Waals surface area contributed by atoms with Crippen LogP contribution in [0.3, 0.4) is 0 Å². The van der Waals surface area contributed by atoms with Crippen LogP contribution in [0.4, 0.5) is 4.39 Å². The molecule has 0 spiro atoms. The SMILES string of the molecule is COc1cccc(CNC(=O)COC(=O)c2cnc(SC)n2-c2ccc(F)cc2)c1. The van der Waals surface area contributed by atoms with Gasteiger partial charge in [0.15, 0.2) is 17.5 Å². The Morgan fingerprint density at radius 2 is 1.97 bits per heavy atom. The molecule has 0 unspecified atom stereocenters. The first kappa shape index (κ1) is 21.4. The third-order valence-electron chi connectivity index (χ3n) is 4.16. The van der Waals surface area contributed by atoms with Gasteiger partial charge in [-0.25, -0.2) is 14.2 Å². The van der Waals surface area contributed by atoms with E-state index >= 15 is 0 Å². The van der Waals surface area contributed by atoms with Gasteiger partial charge in [0.2, 0.25) is 0 Å². The minimum atomic E-state index is -0.705. The van der Waals surface area contributed by atoms with Gasteiger partial charge in [-0.1, -0.05) is 23.9 Å². The van der Waals surface area contributed by atoms with E-state index in [1.807, 2.05) is 18.4 Å². The van der Waals surface area contributed by atoms with Crippen LogP contribution in [0.15, 0.2) is 59.9 Å². The van der Waals surface area contributed by atoms with Gasteiger partial charge in [0, 0.05) is 12.2 Å². The van der Waals surface area contributed by atoms with Gasteiger partial charge in [-0.3, -0.25) is 9.36 Å². The Balaban J connectivity index is 1.62. The molecule has 1 N–H and O–H groups in total. The molecule has 2 aromatic carbocycles. The molecule has 0 saturated carbocycles. The molecule has 0 saturated heterocycles. The molecule has 7 nitrogen and oxygen atoms in total. The number of nitrogens with one attached hydrogen (secondary N) is 1. The molecule has 0 aliphatic heterocycles. The Labute approximate surface area is 177 Å². The number of hydrogen-bond acceptors (Lipinski definition) is 6. The number of imidazole rings is 1. The molecule has 0 atom stereocenters. The van der Waals surface area contributed by atoms with Gasteiger partial charge in [0.25, 0.3) is 5.91 Å². The van der Waals surface area contributed by atoms with Gasteiger partial charge >= 0.3 is 5.97 Å². The number of carbonyl (C=O) groups is 2. The molecule has 0 aliphatic rings. The first-order chi connectivity index (χ1) is 14.5. The smallest absolute Gasteiger partial charge is 0.357 e. The second-order valence-corrected chi connectivity index (χ2v) is 6.92. The van der Waals surface area contributed by atoms with Crippen molar-refractivity contribution < 1.29 is 23.5 Å². The highest BCUT2D eigenvalue weighted by Gasteiger charge is 2.20. The lowest BCUT2D eigenvalue weighted by molar-refractivity contribution is -0.124. The summed E-state index contributed by atoms with van der Waals surface area (Å²) in [4.78, 5) is 28.8. The molecule has 0 fully saturated rings. The fourth-order valence-corrected chi connectivity index (χ4v) is 3.25. The van der Waals surface area contributed by atoms with Crippen LogP contribution < -0.4 is 10.1 Å². The van der Waals surface area contributed by atoms with Crippen molar-refractivity contribution >= 4 is 23.6 Å². The number of ether oxygens (including phenoxy) is 2. The Morgan fingerprint density at radius 1 is 1.20 bits per heavy atom. The average molecular weight is 429 g/mol. The summed E-state index contributed by atoms with van der Waals surface area (Å²) < 4.78 is 25.1. The van der Waals surface area contributed by atoms with Gasteiger partial charge in [-0.15, -0.1) is 0 Å². The lowest BCUT2D eigenvalue weighted by atomic mass is 10.2. The lowest BCUT2D eigenvalue weighted by Gasteiger charge is -2.11. The summed E-state index contributed by atoms with van der Waals surface area (Å²) in [6, 6.07) is 12.9. The number of esters is 1. The molecule has 1 amide bonds. The number of aromatic nitrogens is 2. The van der Waals surface area contributed by atoms with Crippen LogP contribution in [0.5, 0.6) is 5.75 Å². The number of thioether (sulfide) groups is 1. The fourth-order valence-electron chi connectivity index (χ4n) is 2.70. The summed E-state index contributed by atoms with van der Waals surface area (Å²) in [5.41, 5.74) is 1.56. The van der Waals surface area contributed by atoms with Crippen molar-refractivity contribution in [3.05, 3.63) is 71.8 Å².